The predicted molar refractivity (Wildman–Crippen MR) is 96.2 cm³/mol. The van der Waals surface area contributed by atoms with Gasteiger partial charge >= 0.3 is 0 Å². The zero-order valence-corrected chi connectivity index (χ0v) is 14.8. The molecule has 0 spiro atoms. The number of aliphatic hydroxyl groups excluding tert-OH is 1. The summed E-state index contributed by atoms with van der Waals surface area (Å²) < 4.78 is 33.5. The number of benzene rings is 2. The molecular formula is C21H26F2O2. The topological polar surface area (TPSA) is 29.5 Å². The van der Waals surface area contributed by atoms with E-state index in [1.54, 1.807) is 24.3 Å². The van der Waals surface area contributed by atoms with E-state index in [-0.39, 0.29) is 11.7 Å². The van der Waals surface area contributed by atoms with Crippen molar-refractivity contribution in [3.8, 4) is 5.75 Å². The van der Waals surface area contributed by atoms with E-state index in [2.05, 4.69) is 6.92 Å². The number of ether oxygens (including phenoxy) is 1. The lowest BCUT2D eigenvalue weighted by Crippen LogP contribution is -2.23. The molecule has 3 rings (SSSR count). The second kappa shape index (κ2) is 7.69. The Labute approximate surface area is 147 Å². The van der Waals surface area contributed by atoms with Crippen molar-refractivity contribution in [2.75, 3.05) is 0 Å². The number of fused-ring (bicyclic) bond motifs is 1. The summed E-state index contributed by atoms with van der Waals surface area (Å²) in [5, 5.41) is 11.2. The van der Waals surface area contributed by atoms with Crippen LogP contribution in [0.15, 0.2) is 30.3 Å². The molecule has 0 saturated heterocycles. The van der Waals surface area contributed by atoms with Crippen molar-refractivity contribution in [1.82, 2.24) is 0 Å². The fourth-order valence-electron chi connectivity index (χ4n) is 3.65. The van der Waals surface area contributed by atoms with Gasteiger partial charge in [0.1, 0.15) is 5.75 Å². The van der Waals surface area contributed by atoms with Crippen molar-refractivity contribution in [1.29, 1.82) is 0 Å². The molecule has 2 aromatic rings. The van der Waals surface area contributed by atoms with Crippen LogP contribution in [0, 0.1) is 5.92 Å². The zero-order chi connectivity index (χ0) is 18.0. The van der Waals surface area contributed by atoms with Crippen LogP contribution in [-0.4, -0.2) is 11.2 Å². The maximum atomic E-state index is 13.8. The molecule has 1 aliphatic carbocycles. The van der Waals surface area contributed by atoms with E-state index in [4.69, 9.17) is 4.74 Å². The van der Waals surface area contributed by atoms with E-state index in [1.807, 2.05) is 13.0 Å². The van der Waals surface area contributed by atoms with Crippen molar-refractivity contribution < 1.29 is 18.6 Å². The average Bonchev–Trinajstić information content (AvgIpc) is 2.62. The molecule has 136 valence electrons. The highest BCUT2D eigenvalue weighted by Crippen LogP contribution is 2.38. The molecule has 0 radical (unpaired) electrons. The normalized spacial score (nSPS) is 22.3. The van der Waals surface area contributed by atoms with Gasteiger partial charge in [0.05, 0.1) is 17.8 Å². The minimum Gasteiger partial charge on any atom is -0.490 e. The second-order valence-corrected chi connectivity index (χ2v) is 7.18. The minimum atomic E-state index is -2.59. The first-order valence-corrected chi connectivity index (χ1v) is 9.19. The van der Waals surface area contributed by atoms with Gasteiger partial charge in [0, 0.05) is 0 Å². The third-order valence-corrected chi connectivity index (χ3v) is 5.29. The van der Waals surface area contributed by atoms with E-state index in [9.17, 15) is 13.9 Å². The van der Waals surface area contributed by atoms with Gasteiger partial charge in [-0.25, -0.2) is 8.78 Å². The lowest BCUT2D eigenvalue weighted by molar-refractivity contribution is 0.116. The minimum absolute atomic E-state index is 0.0207. The maximum Gasteiger partial charge on any atom is 0.268 e. The van der Waals surface area contributed by atoms with Crippen LogP contribution < -0.4 is 4.74 Å². The summed E-state index contributed by atoms with van der Waals surface area (Å²) in [5.41, 5.74) is 0.721. The van der Waals surface area contributed by atoms with Gasteiger partial charge in [0.15, 0.2) is 0 Å². The standard InChI is InChI=1S/C21H26F2O2/c1-3-18(24)15-6-10-17-14(12-15)7-11-19(20(17)21(22)23)25-16-8-4-13(2)5-9-16/h6-7,10-13,16,18,21,24H,3-5,8-9H2,1-2H3/t13-,16+,18?. The Morgan fingerprint density at radius 3 is 2.48 bits per heavy atom. The van der Waals surface area contributed by atoms with Crippen molar-refractivity contribution in [3.63, 3.8) is 0 Å². The second-order valence-electron chi connectivity index (χ2n) is 7.18. The molecule has 2 aromatic carbocycles. The van der Waals surface area contributed by atoms with Crippen molar-refractivity contribution in [2.45, 2.75) is 64.6 Å². The number of hydrogen-bond acceptors (Lipinski definition) is 2. The Morgan fingerprint density at radius 1 is 1.12 bits per heavy atom. The Balaban J connectivity index is 1.94. The molecule has 1 atom stereocenters. The first-order valence-electron chi connectivity index (χ1n) is 9.19. The summed E-state index contributed by atoms with van der Waals surface area (Å²) in [7, 11) is 0. The van der Waals surface area contributed by atoms with Gasteiger partial charge in [-0.15, -0.1) is 0 Å². The molecule has 1 aliphatic rings. The van der Waals surface area contributed by atoms with Crippen LogP contribution in [0.2, 0.25) is 0 Å². The Hall–Kier alpha value is -1.68. The van der Waals surface area contributed by atoms with E-state index < -0.39 is 12.5 Å². The molecule has 1 N–H and O–H groups in total. The van der Waals surface area contributed by atoms with Gasteiger partial charge in [-0.1, -0.05) is 32.0 Å². The highest BCUT2D eigenvalue weighted by atomic mass is 19.3. The van der Waals surface area contributed by atoms with Crippen LogP contribution in [-0.2, 0) is 0 Å². The monoisotopic (exact) mass is 348 g/mol. The Kier molecular flexibility index (Phi) is 5.57. The van der Waals surface area contributed by atoms with E-state index >= 15 is 0 Å². The van der Waals surface area contributed by atoms with Crippen LogP contribution in [0.25, 0.3) is 10.8 Å². The van der Waals surface area contributed by atoms with Gasteiger partial charge in [-0.2, -0.15) is 0 Å². The summed E-state index contributed by atoms with van der Waals surface area (Å²) in [4.78, 5) is 0. The Bertz CT molecular complexity index is 721. The molecule has 0 bridgehead atoms. The summed E-state index contributed by atoms with van der Waals surface area (Å²) in [6, 6.07) is 8.68. The Morgan fingerprint density at radius 2 is 1.84 bits per heavy atom. The van der Waals surface area contributed by atoms with E-state index in [1.165, 1.54) is 0 Å². The lowest BCUT2D eigenvalue weighted by Gasteiger charge is -2.28. The average molecular weight is 348 g/mol. The lowest BCUT2D eigenvalue weighted by atomic mass is 9.89. The highest BCUT2D eigenvalue weighted by molar-refractivity contribution is 5.88. The molecule has 2 nitrogen and oxygen atoms in total. The fourth-order valence-corrected chi connectivity index (χ4v) is 3.65. The fraction of sp³-hybridized carbons (Fsp3) is 0.524. The first-order chi connectivity index (χ1) is 12.0. The van der Waals surface area contributed by atoms with Gasteiger partial charge in [-0.3, -0.25) is 0 Å². The predicted octanol–water partition coefficient (Wildman–Crippen LogP) is 6.18. The van der Waals surface area contributed by atoms with E-state index in [0.717, 1.165) is 31.2 Å². The van der Waals surface area contributed by atoms with Crippen molar-refractivity contribution in [3.05, 3.63) is 41.5 Å². The molecule has 1 fully saturated rings. The quantitative estimate of drug-likeness (QED) is 0.699. The molecule has 1 saturated carbocycles. The number of aliphatic hydroxyl groups is 1. The largest absolute Gasteiger partial charge is 0.490 e. The van der Waals surface area contributed by atoms with Gasteiger partial charge < -0.3 is 9.84 Å². The third-order valence-electron chi connectivity index (χ3n) is 5.29. The third kappa shape index (κ3) is 3.95. The SMILES string of the molecule is CCC(O)c1ccc2c(C(F)F)c(O[C@H]3CC[C@@H](C)CC3)ccc2c1. The first kappa shape index (κ1) is 18.1. The van der Waals surface area contributed by atoms with Crippen molar-refractivity contribution in [2.24, 2.45) is 5.92 Å². The van der Waals surface area contributed by atoms with Crippen LogP contribution in [0.5, 0.6) is 5.75 Å². The number of halogens is 2. The maximum absolute atomic E-state index is 13.8. The number of rotatable bonds is 5. The number of hydrogen-bond donors (Lipinski definition) is 1. The van der Waals surface area contributed by atoms with Gasteiger partial charge in [-0.05, 0) is 66.5 Å². The van der Waals surface area contributed by atoms with Crippen LogP contribution in [0.4, 0.5) is 8.78 Å². The van der Waals surface area contributed by atoms with E-state index in [0.29, 0.717) is 28.9 Å². The molecule has 4 heteroatoms. The van der Waals surface area contributed by atoms with Crippen LogP contribution >= 0.6 is 0 Å². The molecule has 25 heavy (non-hydrogen) atoms. The van der Waals surface area contributed by atoms with Gasteiger partial charge in [0.2, 0.25) is 0 Å². The summed E-state index contributed by atoms with van der Waals surface area (Å²) in [6.07, 6.45) is 1.46. The van der Waals surface area contributed by atoms with Crippen LogP contribution in [0.1, 0.15) is 69.6 Å². The molecular weight excluding hydrogens is 322 g/mol. The molecule has 1 unspecified atom stereocenters. The summed E-state index contributed by atoms with van der Waals surface area (Å²) in [5.74, 6) is 0.986. The van der Waals surface area contributed by atoms with Gasteiger partial charge in [0.25, 0.3) is 6.43 Å². The van der Waals surface area contributed by atoms with Crippen molar-refractivity contribution >= 4 is 10.8 Å². The zero-order valence-electron chi connectivity index (χ0n) is 14.8. The number of alkyl halides is 2. The molecule has 0 aromatic heterocycles. The highest BCUT2D eigenvalue weighted by Gasteiger charge is 2.24. The summed E-state index contributed by atoms with van der Waals surface area (Å²) >= 11 is 0. The summed E-state index contributed by atoms with van der Waals surface area (Å²) in [6.45, 7) is 4.11. The molecule has 0 amide bonds. The smallest absolute Gasteiger partial charge is 0.268 e. The van der Waals surface area contributed by atoms with Crippen LogP contribution in [0.3, 0.4) is 0 Å². The molecule has 0 heterocycles. The molecule has 0 aliphatic heterocycles.